The first-order chi connectivity index (χ1) is 15.6. The molecule has 0 spiro atoms. The van der Waals surface area contributed by atoms with Gasteiger partial charge < -0.3 is 19.9 Å². The molecule has 5 heterocycles. The van der Waals surface area contributed by atoms with Crippen LogP contribution in [-0.2, 0) is 11.8 Å². The first kappa shape index (κ1) is 19.5. The number of hydrogen-bond donors (Lipinski definition) is 2. The van der Waals surface area contributed by atoms with Gasteiger partial charge in [-0.2, -0.15) is 5.10 Å². The van der Waals surface area contributed by atoms with E-state index in [2.05, 4.69) is 26.7 Å². The number of nitrogens with zero attached hydrogens (tertiary/aromatic N) is 4. The van der Waals surface area contributed by atoms with Crippen molar-refractivity contribution < 1.29 is 14.6 Å². The van der Waals surface area contributed by atoms with Crippen molar-refractivity contribution in [1.29, 1.82) is 0 Å². The first-order valence-corrected chi connectivity index (χ1v) is 11.0. The minimum Gasteiger partial charge on any atom is -0.507 e. The molecule has 0 saturated carbocycles. The van der Waals surface area contributed by atoms with Crippen molar-refractivity contribution >= 4 is 5.57 Å². The van der Waals surface area contributed by atoms with Crippen LogP contribution >= 0.6 is 0 Å². The summed E-state index contributed by atoms with van der Waals surface area (Å²) in [5, 5.41) is 27.6. The Morgan fingerprint density at radius 3 is 2.69 bits per heavy atom. The molecule has 2 aromatic heterocycles. The zero-order valence-electron chi connectivity index (χ0n) is 17.9. The van der Waals surface area contributed by atoms with E-state index in [0.29, 0.717) is 35.9 Å². The van der Waals surface area contributed by atoms with Gasteiger partial charge in [0, 0.05) is 42.5 Å². The second kappa shape index (κ2) is 7.72. The highest BCUT2D eigenvalue weighted by Gasteiger charge is 2.35. The molecule has 2 N–H and O–H groups in total. The van der Waals surface area contributed by atoms with Crippen molar-refractivity contribution in [2.75, 3.05) is 19.8 Å². The van der Waals surface area contributed by atoms with Crippen molar-refractivity contribution in [3.63, 3.8) is 0 Å². The summed E-state index contributed by atoms with van der Waals surface area (Å²) in [6, 6.07) is 8.22. The number of aromatic nitrogens is 4. The number of aryl methyl sites for hydroxylation is 1. The third-order valence-corrected chi connectivity index (χ3v) is 6.57. The largest absolute Gasteiger partial charge is 0.507 e. The Morgan fingerprint density at radius 2 is 1.94 bits per heavy atom. The van der Waals surface area contributed by atoms with Crippen LogP contribution in [0.25, 0.3) is 28.0 Å². The van der Waals surface area contributed by atoms with E-state index in [1.165, 1.54) is 5.57 Å². The van der Waals surface area contributed by atoms with Crippen LogP contribution in [0.5, 0.6) is 11.5 Å². The molecule has 2 atom stereocenters. The number of fused-ring (bicyclic) bond motifs is 3. The Bertz CT molecular complexity index is 1190. The van der Waals surface area contributed by atoms with Gasteiger partial charge in [0.15, 0.2) is 0 Å². The van der Waals surface area contributed by atoms with Gasteiger partial charge >= 0.3 is 0 Å². The van der Waals surface area contributed by atoms with Crippen LogP contribution in [0.15, 0.2) is 42.7 Å². The van der Waals surface area contributed by atoms with Gasteiger partial charge in [-0.15, -0.1) is 10.2 Å². The zero-order valence-corrected chi connectivity index (χ0v) is 17.9. The number of hydrogen-bond acceptors (Lipinski definition) is 7. The lowest BCUT2D eigenvalue weighted by atomic mass is 9.80. The highest BCUT2D eigenvalue weighted by Crippen LogP contribution is 2.41. The van der Waals surface area contributed by atoms with Crippen LogP contribution < -0.4 is 10.1 Å². The number of phenolic OH excluding ortho intramolecular Hbond substituents is 1. The molecule has 2 bridgehead atoms. The minimum absolute atomic E-state index is 0.151. The van der Waals surface area contributed by atoms with Crippen molar-refractivity contribution in [3.8, 4) is 33.9 Å². The summed E-state index contributed by atoms with van der Waals surface area (Å²) in [6.07, 6.45) is 7.89. The Kier molecular flexibility index (Phi) is 4.69. The summed E-state index contributed by atoms with van der Waals surface area (Å²) >= 11 is 0. The van der Waals surface area contributed by atoms with Crippen LogP contribution in [0.3, 0.4) is 0 Å². The van der Waals surface area contributed by atoms with E-state index in [0.717, 1.165) is 48.6 Å². The molecule has 164 valence electrons. The lowest BCUT2D eigenvalue weighted by Gasteiger charge is -2.41. The Hall–Kier alpha value is -3.23. The fourth-order valence-corrected chi connectivity index (χ4v) is 5.08. The molecule has 3 aromatic rings. The third-order valence-electron chi connectivity index (χ3n) is 6.57. The van der Waals surface area contributed by atoms with Gasteiger partial charge in [-0.1, -0.05) is 6.07 Å². The van der Waals surface area contributed by atoms with E-state index >= 15 is 0 Å². The molecule has 3 aliphatic heterocycles. The molecule has 8 heteroatoms. The number of rotatable bonds is 3. The van der Waals surface area contributed by atoms with Crippen LogP contribution in [-0.4, -0.2) is 57.0 Å². The van der Waals surface area contributed by atoms with Crippen molar-refractivity contribution in [3.05, 3.63) is 48.4 Å². The lowest BCUT2D eigenvalue weighted by Crippen LogP contribution is -2.54. The molecule has 8 nitrogen and oxygen atoms in total. The molecule has 2 fully saturated rings. The molecule has 0 radical (unpaired) electrons. The van der Waals surface area contributed by atoms with Crippen LogP contribution in [0.2, 0.25) is 0 Å². The lowest BCUT2D eigenvalue weighted by molar-refractivity contribution is 0.0153. The maximum atomic E-state index is 10.7. The molecule has 6 rings (SSSR count). The number of phenols is 1. The standard InChI is InChI=1S/C24H25N5O3/c1-29-11-16(10-25-29)14-2-3-20(22(30)8-14)21-9-23-24(28-27-21)19(4-5-32-23)15-6-17-12-31-13-18(7-15)26-17/h2-4,8-11,15,17-18,26,30H,5-7,12-13H2,1H3. The van der Waals surface area contributed by atoms with E-state index in [9.17, 15) is 5.11 Å². The van der Waals surface area contributed by atoms with Crippen molar-refractivity contribution in [2.24, 2.45) is 13.0 Å². The number of ether oxygens (including phenoxy) is 2. The summed E-state index contributed by atoms with van der Waals surface area (Å²) in [7, 11) is 1.87. The molecule has 2 unspecified atom stereocenters. The molecule has 32 heavy (non-hydrogen) atoms. The maximum Gasteiger partial charge on any atom is 0.149 e. The number of nitrogens with one attached hydrogen (secondary N) is 1. The predicted octanol–water partition coefficient (Wildman–Crippen LogP) is 2.79. The molecular weight excluding hydrogens is 406 g/mol. The van der Waals surface area contributed by atoms with Gasteiger partial charge in [-0.25, -0.2) is 0 Å². The number of morpholine rings is 1. The first-order valence-electron chi connectivity index (χ1n) is 11.0. The summed E-state index contributed by atoms with van der Waals surface area (Å²) in [4.78, 5) is 0. The normalized spacial score (nSPS) is 24.4. The SMILES string of the molecule is Cn1cc(-c2ccc(-c3cc4c(nn3)C(C3CC5COCC(C3)N5)=CCO4)c(O)c2)cn1. The molecule has 1 aromatic carbocycles. The van der Waals surface area contributed by atoms with Gasteiger partial charge in [0.1, 0.15) is 29.5 Å². The zero-order chi connectivity index (χ0) is 21.7. The topological polar surface area (TPSA) is 94.3 Å². The fraction of sp³-hybridized carbons (Fsp3) is 0.375. The van der Waals surface area contributed by atoms with Crippen molar-refractivity contribution in [1.82, 2.24) is 25.3 Å². The Morgan fingerprint density at radius 1 is 1.09 bits per heavy atom. The highest BCUT2D eigenvalue weighted by atomic mass is 16.5. The van der Waals surface area contributed by atoms with Gasteiger partial charge in [-0.3, -0.25) is 4.68 Å². The summed E-state index contributed by atoms with van der Waals surface area (Å²) < 4.78 is 13.4. The monoisotopic (exact) mass is 431 g/mol. The van der Waals surface area contributed by atoms with E-state index < -0.39 is 0 Å². The van der Waals surface area contributed by atoms with E-state index in [1.807, 2.05) is 31.4 Å². The number of piperidine rings is 1. The average molecular weight is 431 g/mol. The summed E-state index contributed by atoms with van der Waals surface area (Å²) in [6.45, 7) is 2.06. The van der Waals surface area contributed by atoms with E-state index in [4.69, 9.17) is 9.47 Å². The quantitative estimate of drug-likeness (QED) is 0.659. The van der Waals surface area contributed by atoms with Crippen LogP contribution in [0.1, 0.15) is 18.5 Å². The number of allylic oxidation sites excluding steroid dienone is 1. The summed E-state index contributed by atoms with van der Waals surface area (Å²) in [5.74, 6) is 1.30. The van der Waals surface area contributed by atoms with Gasteiger partial charge in [0.2, 0.25) is 0 Å². The third kappa shape index (κ3) is 3.45. The predicted molar refractivity (Wildman–Crippen MR) is 119 cm³/mol. The van der Waals surface area contributed by atoms with Crippen LogP contribution in [0, 0.1) is 5.92 Å². The molecule has 0 aliphatic carbocycles. The number of aromatic hydroxyl groups is 1. The minimum atomic E-state index is 0.151. The fourth-order valence-electron chi connectivity index (χ4n) is 5.08. The van der Waals surface area contributed by atoms with Gasteiger partial charge in [0.05, 0.1) is 19.4 Å². The highest BCUT2D eigenvalue weighted by molar-refractivity contribution is 5.77. The molecule has 3 aliphatic rings. The summed E-state index contributed by atoms with van der Waals surface area (Å²) in [5.41, 5.74) is 5.10. The van der Waals surface area contributed by atoms with Gasteiger partial charge in [-0.05, 0) is 48.1 Å². The average Bonchev–Trinajstić information content (AvgIpc) is 3.24. The smallest absolute Gasteiger partial charge is 0.149 e. The molecule has 2 saturated heterocycles. The van der Waals surface area contributed by atoms with E-state index in [-0.39, 0.29) is 5.75 Å². The molecular formula is C24H25N5O3. The Balaban J connectivity index is 1.29. The maximum absolute atomic E-state index is 10.7. The van der Waals surface area contributed by atoms with Crippen LogP contribution in [0.4, 0.5) is 0 Å². The molecule has 0 amide bonds. The van der Waals surface area contributed by atoms with E-state index in [1.54, 1.807) is 16.9 Å². The number of benzene rings is 1. The van der Waals surface area contributed by atoms with Crippen molar-refractivity contribution in [2.45, 2.75) is 24.9 Å². The second-order valence-electron chi connectivity index (χ2n) is 8.81. The van der Waals surface area contributed by atoms with Gasteiger partial charge in [0.25, 0.3) is 0 Å². The Labute approximate surface area is 185 Å². The second-order valence-corrected chi connectivity index (χ2v) is 8.81.